The van der Waals surface area contributed by atoms with Crippen LogP contribution in [0.15, 0.2) is 48.5 Å². The molecule has 0 unspecified atom stereocenters. The lowest BCUT2D eigenvalue weighted by molar-refractivity contribution is -0.137. The highest BCUT2D eigenvalue weighted by Gasteiger charge is 2.32. The molecule has 2 N–H and O–H groups in total. The molecule has 1 aliphatic heterocycles. The Morgan fingerprint density at radius 2 is 1.92 bits per heavy atom. The van der Waals surface area contributed by atoms with Gasteiger partial charge in [0.2, 0.25) is 0 Å². The van der Waals surface area contributed by atoms with Crippen LogP contribution in [0, 0.1) is 6.92 Å². The average Bonchev–Trinajstić information content (AvgIpc) is 2.91. The fraction of sp³-hybridized carbons (Fsp3) is 0.393. The summed E-state index contributed by atoms with van der Waals surface area (Å²) in [5, 5.41) is 15.0. The molecule has 11 heteroatoms. The van der Waals surface area contributed by atoms with Crippen molar-refractivity contribution >= 4 is 11.9 Å². The van der Waals surface area contributed by atoms with E-state index in [1.54, 1.807) is 6.92 Å². The molecule has 2 aromatic carbocycles. The number of likely N-dealkylation sites (tertiary alicyclic amines) is 1. The van der Waals surface area contributed by atoms with Gasteiger partial charge in [0, 0.05) is 23.7 Å². The summed E-state index contributed by atoms with van der Waals surface area (Å²) in [7, 11) is 3.36. The van der Waals surface area contributed by atoms with E-state index in [1.165, 1.54) is 13.2 Å². The second kappa shape index (κ2) is 12.3. The number of amides is 1. The van der Waals surface area contributed by atoms with Crippen molar-refractivity contribution in [3.63, 3.8) is 0 Å². The molecule has 1 saturated heterocycles. The second-order valence-corrected chi connectivity index (χ2v) is 9.57. The third kappa shape index (κ3) is 7.17. The van der Waals surface area contributed by atoms with E-state index in [1.807, 2.05) is 30.3 Å². The highest BCUT2D eigenvalue weighted by Crippen LogP contribution is 2.38. The van der Waals surface area contributed by atoms with Gasteiger partial charge in [0.05, 0.1) is 19.2 Å². The SMILES string of the molecule is COc1cc(C(F)(F)F)ccc1-c1nnc(N[C@@H]2CCCN(C)C2)c(CNC(=O)OCc2ccccc2)c1C. The molecule has 0 radical (unpaired) electrons. The first kappa shape index (κ1) is 28.2. The molecule has 1 amide bonds. The monoisotopic (exact) mass is 543 g/mol. The van der Waals surface area contributed by atoms with Crippen LogP contribution in [0.4, 0.5) is 23.8 Å². The number of benzene rings is 2. The third-order valence-corrected chi connectivity index (χ3v) is 6.72. The first-order chi connectivity index (χ1) is 18.7. The van der Waals surface area contributed by atoms with Gasteiger partial charge in [-0.05, 0) is 62.7 Å². The number of anilines is 1. The van der Waals surface area contributed by atoms with Gasteiger partial charge < -0.3 is 25.0 Å². The van der Waals surface area contributed by atoms with Crippen LogP contribution in [-0.2, 0) is 24.1 Å². The minimum absolute atomic E-state index is 0.0259. The van der Waals surface area contributed by atoms with Crippen LogP contribution in [0.25, 0.3) is 11.3 Å². The van der Waals surface area contributed by atoms with Crippen LogP contribution < -0.4 is 15.4 Å². The summed E-state index contributed by atoms with van der Waals surface area (Å²) in [4.78, 5) is 14.7. The van der Waals surface area contributed by atoms with E-state index in [0.717, 1.165) is 43.6 Å². The number of piperidine rings is 1. The summed E-state index contributed by atoms with van der Waals surface area (Å²) >= 11 is 0. The van der Waals surface area contributed by atoms with Crippen molar-refractivity contribution in [2.24, 2.45) is 0 Å². The van der Waals surface area contributed by atoms with E-state index in [2.05, 4.69) is 32.8 Å². The Balaban J connectivity index is 1.62. The van der Waals surface area contributed by atoms with Crippen molar-refractivity contribution in [3.05, 3.63) is 70.8 Å². The smallest absolute Gasteiger partial charge is 0.416 e. The van der Waals surface area contributed by atoms with Crippen LogP contribution >= 0.6 is 0 Å². The predicted octanol–water partition coefficient (Wildman–Crippen LogP) is 5.41. The van der Waals surface area contributed by atoms with Crippen molar-refractivity contribution in [2.75, 3.05) is 32.6 Å². The van der Waals surface area contributed by atoms with Crippen LogP contribution in [0.3, 0.4) is 0 Å². The van der Waals surface area contributed by atoms with E-state index in [0.29, 0.717) is 28.2 Å². The lowest BCUT2D eigenvalue weighted by Crippen LogP contribution is -2.40. The number of carbonyl (C=O) groups is 1. The van der Waals surface area contributed by atoms with Crippen LogP contribution in [0.5, 0.6) is 5.75 Å². The number of halogens is 3. The number of methoxy groups -OCH3 is 1. The summed E-state index contributed by atoms with van der Waals surface area (Å²) in [6.45, 7) is 3.83. The van der Waals surface area contributed by atoms with E-state index in [4.69, 9.17) is 9.47 Å². The minimum atomic E-state index is -4.51. The first-order valence-corrected chi connectivity index (χ1v) is 12.7. The van der Waals surface area contributed by atoms with Crippen LogP contribution in [0.2, 0.25) is 0 Å². The molecule has 4 rings (SSSR count). The molecule has 0 saturated carbocycles. The number of nitrogens with one attached hydrogen (secondary N) is 2. The number of hydrogen-bond acceptors (Lipinski definition) is 7. The topological polar surface area (TPSA) is 88.6 Å². The van der Waals surface area contributed by atoms with Gasteiger partial charge in [-0.1, -0.05) is 30.3 Å². The maximum Gasteiger partial charge on any atom is 0.416 e. The number of alkyl halides is 3. The molecule has 0 bridgehead atoms. The normalized spacial score (nSPS) is 16.0. The molecule has 2 heterocycles. The summed E-state index contributed by atoms with van der Waals surface area (Å²) in [6.07, 6.45) is -3.14. The Kier molecular flexibility index (Phi) is 8.90. The Morgan fingerprint density at radius 1 is 1.15 bits per heavy atom. The number of likely N-dealkylation sites (N-methyl/N-ethyl adjacent to an activating group) is 1. The number of ether oxygens (including phenoxy) is 2. The van der Waals surface area contributed by atoms with Gasteiger partial charge in [-0.15, -0.1) is 10.2 Å². The van der Waals surface area contributed by atoms with Crippen molar-refractivity contribution in [3.8, 4) is 17.0 Å². The zero-order valence-electron chi connectivity index (χ0n) is 22.1. The molecule has 39 heavy (non-hydrogen) atoms. The van der Waals surface area contributed by atoms with Gasteiger partial charge in [-0.3, -0.25) is 0 Å². The van der Waals surface area contributed by atoms with Crippen molar-refractivity contribution < 1.29 is 27.4 Å². The van der Waals surface area contributed by atoms with Crippen molar-refractivity contribution in [1.29, 1.82) is 0 Å². The molecule has 1 aromatic heterocycles. The number of hydrogen-bond donors (Lipinski definition) is 2. The summed E-state index contributed by atoms with van der Waals surface area (Å²) < 4.78 is 50.5. The largest absolute Gasteiger partial charge is 0.496 e. The number of alkyl carbamates (subject to hydrolysis) is 1. The molecule has 3 aromatic rings. The zero-order chi connectivity index (χ0) is 28.0. The number of nitrogens with zero attached hydrogens (tertiary/aromatic N) is 3. The highest BCUT2D eigenvalue weighted by atomic mass is 19.4. The second-order valence-electron chi connectivity index (χ2n) is 9.57. The first-order valence-electron chi connectivity index (χ1n) is 12.7. The quantitative estimate of drug-likeness (QED) is 0.393. The lowest BCUT2D eigenvalue weighted by Gasteiger charge is -2.31. The molecule has 208 valence electrons. The number of carbonyl (C=O) groups excluding carboxylic acids is 1. The average molecular weight is 544 g/mol. The Bertz CT molecular complexity index is 1290. The molecule has 8 nitrogen and oxygen atoms in total. The van der Waals surface area contributed by atoms with E-state index >= 15 is 0 Å². The van der Waals surface area contributed by atoms with E-state index < -0.39 is 17.8 Å². The highest BCUT2D eigenvalue weighted by molar-refractivity contribution is 5.73. The molecular weight excluding hydrogens is 511 g/mol. The van der Waals surface area contributed by atoms with Gasteiger partial charge >= 0.3 is 12.3 Å². The predicted molar refractivity (Wildman–Crippen MR) is 141 cm³/mol. The molecular formula is C28H32F3N5O3. The third-order valence-electron chi connectivity index (χ3n) is 6.72. The van der Waals surface area contributed by atoms with Gasteiger partial charge in [0.25, 0.3) is 0 Å². The Hall–Kier alpha value is -3.86. The molecule has 1 aliphatic rings. The maximum atomic E-state index is 13.3. The van der Waals surface area contributed by atoms with Crippen LogP contribution in [-0.4, -0.2) is 54.5 Å². The fourth-order valence-corrected chi connectivity index (χ4v) is 4.62. The van der Waals surface area contributed by atoms with E-state index in [9.17, 15) is 18.0 Å². The molecule has 0 spiro atoms. The fourth-order valence-electron chi connectivity index (χ4n) is 4.62. The lowest BCUT2D eigenvalue weighted by atomic mass is 9.99. The summed E-state index contributed by atoms with van der Waals surface area (Å²) in [5.41, 5.74) is 2.07. The van der Waals surface area contributed by atoms with Crippen molar-refractivity contribution in [1.82, 2.24) is 20.4 Å². The summed E-state index contributed by atoms with van der Waals surface area (Å²) in [6, 6.07) is 12.7. The molecule has 1 atom stereocenters. The molecule has 1 fully saturated rings. The summed E-state index contributed by atoms with van der Waals surface area (Å²) in [5.74, 6) is 0.531. The standard InChI is InChI=1S/C28H32F3N5O3/c1-18-23(15-32-27(37)39-17-19-8-5-4-6-9-19)26(33-21-10-7-13-36(2)16-21)35-34-25(18)22-12-11-20(28(29,30)31)14-24(22)38-3/h4-6,8-9,11-12,14,21H,7,10,13,15-17H2,1-3H3,(H,32,37)(H,33,35)/t21-/m1/s1. The minimum Gasteiger partial charge on any atom is -0.496 e. The van der Waals surface area contributed by atoms with Gasteiger partial charge in [-0.25, -0.2) is 4.79 Å². The zero-order valence-corrected chi connectivity index (χ0v) is 22.1. The van der Waals surface area contributed by atoms with Crippen LogP contribution in [0.1, 0.15) is 35.1 Å². The van der Waals surface area contributed by atoms with E-state index in [-0.39, 0.29) is 24.9 Å². The maximum absolute atomic E-state index is 13.3. The number of rotatable bonds is 8. The van der Waals surface area contributed by atoms with Gasteiger partial charge in [0.15, 0.2) is 5.82 Å². The number of aromatic nitrogens is 2. The van der Waals surface area contributed by atoms with Gasteiger partial charge in [-0.2, -0.15) is 13.2 Å². The van der Waals surface area contributed by atoms with Gasteiger partial charge in [0.1, 0.15) is 18.1 Å². The molecule has 0 aliphatic carbocycles. The Labute approximate surface area is 225 Å². The Morgan fingerprint density at radius 3 is 2.62 bits per heavy atom. The van der Waals surface area contributed by atoms with Crippen molar-refractivity contribution in [2.45, 2.75) is 45.1 Å².